The Balaban J connectivity index is 1.80. The average molecular weight is 349 g/mol. The molecule has 2 N–H and O–H groups in total. The van der Waals surface area contributed by atoms with Gasteiger partial charge in [-0.25, -0.2) is 14.4 Å². The lowest BCUT2D eigenvalue weighted by Crippen LogP contribution is -2.11. The second-order valence-corrected chi connectivity index (χ2v) is 6.93. The molecule has 0 aliphatic carbocycles. The standard InChI is InChI=1S/C16H14ClFN4S/c17-11-6-9(3-4-12(11)18)22-15-14-10-2-1-5-19-7-13(10)23-16(14)21-8-20-15/h3-4,6,8,19H,1-2,5,7H2,(H,20,21,22). The molecule has 1 aliphatic rings. The van der Waals surface area contributed by atoms with Crippen LogP contribution in [0, 0.1) is 5.82 Å². The van der Waals surface area contributed by atoms with Crippen LogP contribution >= 0.6 is 22.9 Å². The van der Waals surface area contributed by atoms with Gasteiger partial charge in [0, 0.05) is 17.1 Å². The number of aromatic nitrogens is 2. The summed E-state index contributed by atoms with van der Waals surface area (Å²) in [6.45, 7) is 1.89. The zero-order chi connectivity index (χ0) is 15.8. The van der Waals surface area contributed by atoms with Crippen LogP contribution in [0.15, 0.2) is 24.5 Å². The van der Waals surface area contributed by atoms with Crippen molar-refractivity contribution < 1.29 is 4.39 Å². The zero-order valence-electron chi connectivity index (χ0n) is 12.2. The summed E-state index contributed by atoms with van der Waals surface area (Å²) < 4.78 is 13.3. The Hall–Kier alpha value is -1.76. The maximum Gasteiger partial charge on any atom is 0.142 e. The van der Waals surface area contributed by atoms with E-state index in [1.807, 2.05) is 0 Å². The molecule has 2 aromatic heterocycles. The van der Waals surface area contributed by atoms with Gasteiger partial charge in [0.1, 0.15) is 22.8 Å². The molecule has 0 fully saturated rings. The lowest BCUT2D eigenvalue weighted by molar-refractivity contribution is 0.628. The number of halogens is 2. The molecule has 118 valence electrons. The maximum absolute atomic E-state index is 13.3. The Morgan fingerprint density at radius 2 is 2.22 bits per heavy atom. The van der Waals surface area contributed by atoms with Crippen molar-refractivity contribution in [3.63, 3.8) is 0 Å². The van der Waals surface area contributed by atoms with Gasteiger partial charge in [-0.05, 0) is 43.1 Å². The van der Waals surface area contributed by atoms with Crippen LogP contribution < -0.4 is 10.6 Å². The number of hydrogen-bond acceptors (Lipinski definition) is 5. The molecular weight excluding hydrogens is 335 g/mol. The van der Waals surface area contributed by atoms with Crippen LogP contribution in [0.2, 0.25) is 5.02 Å². The Morgan fingerprint density at radius 3 is 3.09 bits per heavy atom. The van der Waals surface area contributed by atoms with Crippen molar-refractivity contribution in [3.05, 3.63) is 45.8 Å². The van der Waals surface area contributed by atoms with Crippen molar-refractivity contribution in [3.8, 4) is 0 Å². The maximum atomic E-state index is 13.3. The molecule has 0 spiro atoms. The van der Waals surface area contributed by atoms with Crippen molar-refractivity contribution in [2.24, 2.45) is 0 Å². The molecule has 7 heteroatoms. The third-order valence-electron chi connectivity index (χ3n) is 3.92. The molecule has 23 heavy (non-hydrogen) atoms. The van der Waals surface area contributed by atoms with Crippen LogP contribution in [0.4, 0.5) is 15.9 Å². The molecule has 0 atom stereocenters. The van der Waals surface area contributed by atoms with Crippen LogP contribution in [-0.2, 0) is 13.0 Å². The van der Waals surface area contributed by atoms with Crippen molar-refractivity contribution >= 4 is 44.7 Å². The summed E-state index contributed by atoms with van der Waals surface area (Å²) in [6.07, 6.45) is 3.66. The molecule has 1 aliphatic heterocycles. The first-order valence-corrected chi connectivity index (χ1v) is 8.60. The van der Waals surface area contributed by atoms with Crippen LogP contribution in [-0.4, -0.2) is 16.5 Å². The van der Waals surface area contributed by atoms with Crippen LogP contribution in [0.3, 0.4) is 0 Å². The molecule has 0 unspecified atom stereocenters. The lowest BCUT2D eigenvalue weighted by atomic mass is 10.1. The number of nitrogens with one attached hydrogen (secondary N) is 2. The minimum Gasteiger partial charge on any atom is -0.340 e. The van der Waals surface area contributed by atoms with Gasteiger partial charge in [0.25, 0.3) is 0 Å². The summed E-state index contributed by atoms with van der Waals surface area (Å²) >= 11 is 7.56. The smallest absolute Gasteiger partial charge is 0.142 e. The topological polar surface area (TPSA) is 49.8 Å². The normalized spacial score (nSPS) is 14.5. The van der Waals surface area contributed by atoms with Gasteiger partial charge < -0.3 is 10.6 Å². The Morgan fingerprint density at radius 1 is 1.30 bits per heavy atom. The molecule has 0 saturated carbocycles. The van der Waals surface area contributed by atoms with Gasteiger partial charge in [-0.3, -0.25) is 0 Å². The average Bonchev–Trinajstić information content (AvgIpc) is 2.74. The highest BCUT2D eigenvalue weighted by Crippen LogP contribution is 2.36. The fraction of sp³-hybridized carbons (Fsp3) is 0.250. The van der Waals surface area contributed by atoms with E-state index < -0.39 is 5.82 Å². The predicted molar refractivity (Wildman–Crippen MR) is 92.1 cm³/mol. The van der Waals surface area contributed by atoms with E-state index in [4.69, 9.17) is 11.6 Å². The SMILES string of the molecule is Fc1ccc(Nc2ncnc3sc4c(c23)CCCNC4)cc1Cl. The van der Waals surface area contributed by atoms with Crippen LogP contribution in [0.25, 0.3) is 10.2 Å². The van der Waals surface area contributed by atoms with Crippen LogP contribution in [0.1, 0.15) is 16.9 Å². The van der Waals surface area contributed by atoms with Crippen molar-refractivity contribution in [1.82, 2.24) is 15.3 Å². The molecule has 3 heterocycles. The first-order chi connectivity index (χ1) is 11.2. The minimum atomic E-state index is -0.430. The summed E-state index contributed by atoms with van der Waals surface area (Å²) in [7, 11) is 0. The molecular formula is C16H14ClFN4S. The molecule has 0 amide bonds. The molecule has 0 radical (unpaired) electrons. The van der Waals surface area contributed by atoms with E-state index >= 15 is 0 Å². The number of rotatable bonds is 2. The van der Waals surface area contributed by atoms with E-state index in [9.17, 15) is 4.39 Å². The number of aryl methyl sites for hydroxylation is 1. The summed E-state index contributed by atoms with van der Waals surface area (Å²) in [6, 6.07) is 4.57. The van der Waals surface area contributed by atoms with Crippen molar-refractivity contribution in [2.75, 3.05) is 11.9 Å². The molecule has 0 bridgehead atoms. The largest absolute Gasteiger partial charge is 0.340 e. The number of fused-ring (bicyclic) bond motifs is 3. The summed E-state index contributed by atoms with van der Waals surface area (Å²) in [5, 5.41) is 7.84. The number of nitrogens with zero attached hydrogens (tertiary/aromatic N) is 2. The fourth-order valence-corrected chi connectivity index (χ4v) is 4.18. The Kier molecular flexibility index (Phi) is 3.88. The van der Waals surface area contributed by atoms with Crippen molar-refractivity contribution in [1.29, 1.82) is 0 Å². The van der Waals surface area contributed by atoms with Gasteiger partial charge in [-0.1, -0.05) is 11.6 Å². The Labute approximate surface area is 141 Å². The van der Waals surface area contributed by atoms with Crippen LogP contribution in [0.5, 0.6) is 0 Å². The molecule has 1 aromatic carbocycles. The minimum absolute atomic E-state index is 0.0913. The fourth-order valence-electron chi connectivity index (χ4n) is 2.84. The third kappa shape index (κ3) is 2.78. The summed E-state index contributed by atoms with van der Waals surface area (Å²) in [4.78, 5) is 11.1. The highest BCUT2D eigenvalue weighted by molar-refractivity contribution is 7.18. The molecule has 4 rings (SSSR count). The van der Waals surface area contributed by atoms with Gasteiger partial charge in [-0.2, -0.15) is 0 Å². The predicted octanol–water partition coefficient (Wildman–Crippen LogP) is 4.26. The van der Waals surface area contributed by atoms with Gasteiger partial charge in [-0.15, -0.1) is 11.3 Å². The highest BCUT2D eigenvalue weighted by Gasteiger charge is 2.19. The first kappa shape index (κ1) is 14.8. The summed E-state index contributed by atoms with van der Waals surface area (Å²) in [5.74, 6) is 0.317. The van der Waals surface area contributed by atoms with Crippen molar-refractivity contribution in [2.45, 2.75) is 19.4 Å². The van der Waals surface area contributed by atoms with E-state index in [1.54, 1.807) is 29.8 Å². The zero-order valence-corrected chi connectivity index (χ0v) is 13.8. The third-order valence-corrected chi connectivity index (χ3v) is 5.35. The molecule has 0 saturated heterocycles. The van der Waals surface area contributed by atoms with Gasteiger partial charge >= 0.3 is 0 Å². The van der Waals surface area contributed by atoms with Gasteiger partial charge in [0.05, 0.1) is 10.4 Å². The van der Waals surface area contributed by atoms with Gasteiger partial charge in [0.2, 0.25) is 0 Å². The van der Waals surface area contributed by atoms with E-state index in [-0.39, 0.29) is 5.02 Å². The Bertz CT molecular complexity index is 880. The number of hydrogen-bond donors (Lipinski definition) is 2. The summed E-state index contributed by atoms with van der Waals surface area (Å²) in [5.41, 5.74) is 2.02. The second kappa shape index (κ2) is 6.03. The number of thiophene rings is 1. The van der Waals surface area contributed by atoms with E-state index in [0.29, 0.717) is 5.69 Å². The second-order valence-electron chi connectivity index (χ2n) is 5.44. The van der Waals surface area contributed by atoms with E-state index in [1.165, 1.54) is 16.5 Å². The van der Waals surface area contributed by atoms with E-state index in [0.717, 1.165) is 42.0 Å². The monoisotopic (exact) mass is 348 g/mol. The quantitative estimate of drug-likeness (QED) is 0.726. The van der Waals surface area contributed by atoms with E-state index in [2.05, 4.69) is 20.6 Å². The van der Waals surface area contributed by atoms with Gasteiger partial charge in [0.15, 0.2) is 0 Å². The lowest BCUT2D eigenvalue weighted by Gasteiger charge is -2.09. The first-order valence-electron chi connectivity index (χ1n) is 7.40. The molecule has 4 nitrogen and oxygen atoms in total. The highest BCUT2D eigenvalue weighted by atomic mass is 35.5. The number of benzene rings is 1. The number of anilines is 2. The molecule has 3 aromatic rings.